The lowest BCUT2D eigenvalue weighted by atomic mass is 9.78. The van der Waals surface area contributed by atoms with Crippen molar-refractivity contribution < 1.29 is 9.18 Å². The second kappa shape index (κ2) is 5.09. The summed E-state index contributed by atoms with van der Waals surface area (Å²) in [5.41, 5.74) is 1.65. The molecule has 0 saturated carbocycles. The largest absolute Gasteiger partial charge is 0.371 e. The van der Waals surface area contributed by atoms with Gasteiger partial charge in [0, 0.05) is 24.3 Å². The van der Waals surface area contributed by atoms with E-state index < -0.39 is 0 Å². The zero-order valence-corrected chi connectivity index (χ0v) is 11.1. The van der Waals surface area contributed by atoms with Crippen molar-refractivity contribution in [1.29, 1.82) is 0 Å². The molecule has 1 aliphatic rings. The highest BCUT2D eigenvalue weighted by molar-refractivity contribution is 5.77. The molecule has 1 aromatic rings. The standard InChI is InChI=1S/C15H20FNO/c1-3-15(2)4-6-17(7-5-15)14-9-12(11-18)8-13(16)10-14/h8-11H,3-7H2,1-2H3. The summed E-state index contributed by atoms with van der Waals surface area (Å²) in [6.45, 7) is 6.41. The predicted octanol–water partition coefficient (Wildman–Crippen LogP) is 3.65. The monoisotopic (exact) mass is 249 g/mol. The Balaban J connectivity index is 2.14. The maximum atomic E-state index is 13.4. The number of hydrogen-bond donors (Lipinski definition) is 0. The fourth-order valence-corrected chi connectivity index (χ4v) is 2.51. The van der Waals surface area contributed by atoms with Crippen LogP contribution in [-0.4, -0.2) is 19.4 Å². The first-order valence-electron chi connectivity index (χ1n) is 6.57. The molecule has 0 unspecified atom stereocenters. The van der Waals surface area contributed by atoms with Gasteiger partial charge >= 0.3 is 0 Å². The molecule has 98 valence electrons. The van der Waals surface area contributed by atoms with E-state index in [1.807, 2.05) is 0 Å². The van der Waals surface area contributed by atoms with Crippen molar-refractivity contribution >= 4 is 12.0 Å². The number of piperidine rings is 1. The van der Waals surface area contributed by atoms with Crippen LogP contribution in [0, 0.1) is 11.2 Å². The van der Waals surface area contributed by atoms with E-state index in [2.05, 4.69) is 18.7 Å². The smallest absolute Gasteiger partial charge is 0.150 e. The molecule has 0 aromatic heterocycles. The molecule has 0 radical (unpaired) electrons. The summed E-state index contributed by atoms with van der Waals surface area (Å²) in [6, 6.07) is 4.56. The lowest BCUT2D eigenvalue weighted by Gasteiger charge is -2.40. The Bertz CT molecular complexity index is 436. The molecule has 18 heavy (non-hydrogen) atoms. The molecule has 1 saturated heterocycles. The zero-order valence-electron chi connectivity index (χ0n) is 11.1. The van der Waals surface area contributed by atoms with Gasteiger partial charge in [0.2, 0.25) is 0 Å². The van der Waals surface area contributed by atoms with Gasteiger partial charge in [-0.2, -0.15) is 0 Å². The van der Waals surface area contributed by atoms with Crippen molar-refractivity contribution in [2.75, 3.05) is 18.0 Å². The molecule has 1 heterocycles. The van der Waals surface area contributed by atoms with Crippen LogP contribution in [0.5, 0.6) is 0 Å². The van der Waals surface area contributed by atoms with E-state index in [4.69, 9.17) is 0 Å². The van der Waals surface area contributed by atoms with Crippen molar-refractivity contribution in [2.45, 2.75) is 33.1 Å². The maximum absolute atomic E-state index is 13.4. The van der Waals surface area contributed by atoms with E-state index in [0.29, 0.717) is 17.3 Å². The number of rotatable bonds is 3. The lowest BCUT2D eigenvalue weighted by molar-refractivity contribution is 0.112. The Morgan fingerprint density at radius 2 is 2.00 bits per heavy atom. The maximum Gasteiger partial charge on any atom is 0.150 e. The fraction of sp³-hybridized carbons (Fsp3) is 0.533. The van der Waals surface area contributed by atoms with Crippen LogP contribution in [0.2, 0.25) is 0 Å². The van der Waals surface area contributed by atoms with E-state index in [0.717, 1.165) is 31.6 Å². The van der Waals surface area contributed by atoms with Gasteiger partial charge in [0.05, 0.1) is 0 Å². The topological polar surface area (TPSA) is 20.3 Å². The van der Waals surface area contributed by atoms with Gasteiger partial charge in [0.25, 0.3) is 0 Å². The van der Waals surface area contributed by atoms with Gasteiger partial charge in [-0.05, 0) is 36.5 Å². The zero-order chi connectivity index (χ0) is 13.2. The minimum Gasteiger partial charge on any atom is -0.371 e. The van der Waals surface area contributed by atoms with Crippen LogP contribution in [0.4, 0.5) is 10.1 Å². The van der Waals surface area contributed by atoms with Crippen LogP contribution in [0.1, 0.15) is 43.5 Å². The highest BCUT2D eigenvalue weighted by atomic mass is 19.1. The summed E-state index contributed by atoms with van der Waals surface area (Å²) in [5.74, 6) is -0.335. The number of carbonyl (C=O) groups excluding carboxylic acids is 1. The van der Waals surface area contributed by atoms with E-state index in [1.54, 1.807) is 6.07 Å². The average Bonchev–Trinajstić information content (AvgIpc) is 2.39. The van der Waals surface area contributed by atoms with E-state index in [9.17, 15) is 9.18 Å². The van der Waals surface area contributed by atoms with Crippen LogP contribution < -0.4 is 4.90 Å². The molecule has 1 fully saturated rings. The molecular formula is C15H20FNO. The molecule has 0 aliphatic carbocycles. The number of anilines is 1. The molecule has 2 nitrogen and oxygen atoms in total. The number of hydrogen-bond acceptors (Lipinski definition) is 2. The summed E-state index contributed by atoms with van der Waals surface area (Å²) >= 11 is 0. The van der Waals surface area contributed by atoms with Gasteiger partial charge in [0.15, 0.2) is 0 Å². The van der Waals surface area contributed by atoms with Gasteiger partial charge in [0.1, 0.15) is 12.1 Å². The van der Waals surface area contributed by atoms with Crippen LogP contribution in [0.3, 0.4) is 0 Å². The van der Waals surface area contributed by atoms with Crippen LogP contribution in [0.25, 0.3) is 0 Å². The molecule has 0 spiro atoms. The summed E-state index contributed by atoms with van der Waals surface area (Å²) in [4.78, 5) is 12.9. The SMILES string of the molecule is CCC1(C)CCN(c2cc(F)cc(C=O)c2)CC1. The molecular weight excluding hydrogens is 229 g/mol. The highest BCUT2D eigenvalue weighted by Gasteiger charge is 2.28. The lowest BCUT2D eigenvalue weighted by Crippen LogP contribution is -2.38. The third-order valence-electron chi connectivity index (χ3n) is 4.23. The molecule has 0 N–H and O–H groups in total. The molecule has 1 aromatic carbocycles. The van der Waals surface area contributed by atoms with E-state index >= 15 is 0 Å². The molecule has 2 rings (SSSR count). The first-order valence-corrected chi connectivity index (χ1v) is 6.57. The minimum atomic E-state index is -0.335. The third-order valence-corrected chi connectivity index (χ3v) is 4.23. The van der Waals surface area contributed by atoms with Crippen molar-refractivity contribution in [2.24, 2.45) is 5.41 Å². The molecule has 3 heteroatoms. The Kier molecular flexibility index (Phi) is 3.69. The number of aldehydes is 1. The van der Waals surface area contributed by atoms with Crippen molar-refractivity contribution in [3.8, 4) is 0 Å². The third kappa shape index (κ3) is 2.71. The van der Waals surface area contributed by atoms with Crippen molar-refractivity contribution in [1.82, 2.24) is 0 Å². The number of nitrogens with zero attached hydrogens (tertiary/aromatic N) is 1. The van der Waals surface area contributed by atoms with Gasteiger partial charge in [-0.3, -0.25) is 4.79 Å². The summed E-state index contributed by atoms with van der Waals surface area (Å²) in [6.07, 6.45) is 4.13. The second-order valence-electron chi connectivity index (χ2n) is 5.51. The van der Waals surface area contributed by atoms with Crippen LogP contribution in [0.15, 0.2) is 18.2 Å². The number of benzene rings is 1. The van der Waals surface area contributed by atoms with Crippen molar-refractivity contribution in [3.63, 3.8) is 0 Å². The molecule has 0 atom stereocenters. The van der Waals surface area contributed by atoms with E-state index in [-0.39, 0.29) is 5.82 Å². The quantitative estimate of drug-likeness (QED) is 0.762. The molecule has 0 bridgehead atoms. The summed E-state index contributed by atoms with van der Waals surface area (Å²) in [5, 5.41) is 0. The summed E-state index contributed by atoms with van der Waals surface area (Å²) in [7, 11) is 0. The highest BCUT2D eigenvalue weighted by Crippen LogP contribution is 2.35. The fourth-order valence-electron chi connectivity index (χ4n) is 2.51. The molecule has 1 aliphatic heterocycles. The van der Waals surface area contributed by atoms with Crippen LogP contribution >= 0.6 is 0 Å². The Hall–Kier alpha value is -1.38. The van der Waals surface area contributed by atoms with E-state index in [1.165, 1.54) is 18.6 Å². The minimum absolute atomic E-state index is 0.335. The first-order chi connectivity index (χ1) is 8.56. The molecule has 0 amide bonds. The Morgan fingerprint density at radius 3 is 2.56 bits per heavy atom. The number of halogens is 1. The van der Waals surface area contributed by atoms with Crippen LogP contribution in [-0.2, 0) is 0 Å². The van der Waals surface area contributed by atoms with Gasteiger partial charge in [-0.25, -0.2) is 4.39 Å². The second-order valence-corrected chi connectivity index (χ2v) is 5.51. The number of carbonyl (C=O) groups is 1. The van der Waals surface area contributed by atoms with Gasteiger partial charge < -0.3 is 4.90 Å². The Labute approximate surface area is 108 Å². The Morgan fingerprint density at radius 1 is 1.33 bits per heavy atom. The predicted molar refractivity (Wildman–Crippen MR) is 71.6 cm³/mol. The first kappa shape index (κ1) is 13.1. The summed E-state index contributed by atoms with van der Waals surface area (Å²) < 4.78 is 13.4. The normalized spacial score (nSPS) is 18.7. The van der Waals surface area contributed by atoms with Gasteiger partial charge in [-0.1, -0.05) is 20.3 Å². The van der Waals surface area contributed by atoms with Crippen molar-refractivity contribution in [3.05, 3.63) is 29.6 Å². The average molecular weight is 249 g/mol. The van der Waals surface area contributed by atoms with Gasteiger partial charge in [-0.15, -0.1) is 0 Å².